The van der Waals surface area contributed by atoms with Crippen molar-refractivity contribution in [3.63, 3.8) is 0 Å². The Balaban J connectivity index is 1.73. The summed E-state index contributed by atoms with van der Waals surface area (Å²) in [5.74, 6) is 0. The van der Waals surface area contributed by atoms with Gasteiger partial charge in [-0.1, -0.05) is 12.1 Å². The fraction of sp³-hybridized carbons (Fsp3) is 0.368. The summed E-state index contributed by atoms with van der Waals surface area (Å²) in [5, 5.41) is 15.0. The highest BCUT2D eigenvalue weighted by Crippen LogP contribution is 2.33. The van der Waals surface area contributed by atoms with Gasteiger partial charge < -0.3 is 10.2 Å². The average Bonchev–Trinajstić information content (AvgIpc) is 2.61. The highest BCUT2D eigenvalue weighted by molar-refractivity contribution is 7.90. The SMILES string of the molecule is Cc1cccc(NC2CCN(c3ccc(S(C)(=O)=O)cc3[N+](=O)[O-])CC2)c1. The summed E-state index contributed by atoms with van der Waals surface area (Å²) < 4.78 is 23.4. The van der Waals surface area contributed by atoms with E-state index in [-0.39, 0.29) is 10.6 Å². The Kier molecular flexibility index (Phi) is 5.36. The highest BCUT2D eigenvalue weighted by Gasteiger charge is 2.26. The number of hydrogen-bond acceptors (Lipinski definition) is 6. The van der Waals surface area contributed by atoms with E-state index in [2.05, 4.69) is 11.4 Å². The molecule has 1 fully saturated rings. The molecule has 2 aromatic rings. The Bertz CT molecular complexity index is 951. The molecule has 1 saturated heterocycles. The maximum atomic E-state index is 11.7. The van der Waals surface area contributed by atoms with Crippen LogP contribution in [0.25, 0.3) is 0 Å². The van der Waals surface area contributed by atoms with Crippen LogP contribution in [-0.4, -0.2) is 38.7 Å². The number of nitrogens with zero attached hydrogens (tertiary/aromatic N) is 2. The van der Waals surface area contributed by atoms with Gasteiger partial charge in [0, 0.05) is 37.1 Å². The van der Waals surface area contributed by atoms with Crippen LogP contribution in [0.3, 0.4) is 0 Å². The summed E-state index contributed by atoms with van der Waals surface area (Å²) in [7, 11) is -3.49. The van der Waals surface area contributed by atoms with Crippen LogP contribution >= 0.6 is 0 Å². The van der Waals surface area contributed by atoms with Gasteiger partial charge in [0.1, 0.15) is 5.69 Å². The van der Waals surface area contributed by atoms with Crippen molar-refractivity contribution in [2.45, 2.75) is 30.7 Å². The zero-order chi connectivity index (χ0) is 19.6. The highest BCUT2D eigenvalue weighted by atomic mass is 32.2. The molecule has 0 radical (unpaired) electrons. The Labute approximate surface area is 159 Å². The lowest BCUT2D eigenvalue weighted by Gasteiger charge is -2.34. The van der Waals surface area contributed by atoms with E-state index in [9.17, 15) is 18.5 Å². The van der Waals surface area contributed by atoms with Gasteiger partial charge in [0.2, 0.25) is 0 Å². The first-order valence-corrected chi connectivity index (χ1v) is 10.7. The van der Waals surface area contributed by atoms with E-state index in [0.717, 1.165) is 30.9 Å². The summed E-state index contributed by atoms with van der Waals surface area (Å²) in [4.78, 5) is 12.9. The first-order valence-electron chi connectivity index (χ1n) is 8.81. The maximum absolute atomic E-state index is 11.7. The van der Waals surface area contributed by atoms with Crippen LogP contribution in [0.4, 0.5) is 17.1 Å². The Morgan fingerprint density at radius 3 is 2.44 bits per heavy atom. The van der Waals surface area contributed by atoms with Gasteiger partial charge >= 0.3 is 0 Å². The van der Waals surface area contributed by atoms with Crippen molar-refractivity contribution >= 4 is 26.9 Å². The first-order chi connectivity index (χ1) is 12.7. The molecular weight excluding hydrogens is 366 g/mol. The smallest absolute Gasteiger partial charge is 0.293 e. The minimum absolute atomic E-state index is 0.0334. The van der Waals surface area contributed by atoms with Gasteiger partial charge in [-0.3, -0.25) is 10.1 Å². The van der Waals surface area contributed by atoms with Crippen LogP contribution in [-0.2, 0) is 9.84 Å². The third-order valence-electron chi connectivity index (χ3n) is 4.80. The Hall–Kier alpha value is -2.61. The van der Waals surface area contributed by atoms with Gasteiger partial charge in [-0.15, -0.1) is 0 Å². The van der Waals surface area contributed by atoms with E-state index < -0.39 is 14.8 Å². The van der Waals surface area contributed by atoms with Crippen molar-refractivity contribution in [3.05, 3.63) is 58.1 Å². The molecule has 2 aromatic carbocycles. The maximum Gasteiger partial charge on any atom is 0.293 e. The van der Waals surface area contributed by atoms with Gasteiger partial charge in [0.15, 0.2) is 9.84 Å². The van der Waals surface area contributed by atoms with E-state index in [4.69, 9.17) is 0 Å². The summed E-state index contributed by atoms with van der Waals surface area (Å²) in [5.41, 5.74) is 2.58. The quantitative estimate of drug-likeness (QED) is 0.622. The number of nitro benzene ring substituents is 1. The van der Waals surface area contributed by atoms with Crippen LogP contribution in [0.1, 0.15) is 18.4 Å². The van der Waals surface area contributed by atoms with Crippen LogP contribution in [0.2, 0.25) is 0 Å². The standard InChI is InChI=1S/C19H23N3O4S/c1-14-4-3-5-16(12-14)20-15-8-10-21(11-9-15)18-7-6-17(27(2,25)26)13-19(18)22(23)24/h3-7,12-13,15,20H,8-11H2,1-2H3. The normalized spacial score (nSPS) is 15.6. The van der Waals surface area contributed by atoms with Gasteiger partial charge in [-0.05, 0) is 49.6 Å². The summed E-state index contributed by atoms with van der Waals surface area (Å²) >= 11 is 0. The fourth-order valence-electron chi connectivity index (χ4n) is 3.38. The lowest BCUT2D eigenvalue weighted by Crippen LogP contribution is -2.39. The second-order valence-electron chi connectivity index (χ2n) is 6.95. The summed E-state index contributed by atoms with van der Waals surface area (Å²) in [6.45, 7) is 3.39. The largest absolute Gasteiger partial charge is 0.382 e. The van der Waals surface area contributed by atoms with Crippen molar-refractivity contribution in [2.24, 2.45) is 0 Å². The predicted octanol–water partition coefficient (Wildman–Crippen LogP) is 3.39. The van der Waals surface area contributed by atoms with Crippen LogP contribution in [0.15, 0.2) is 47.4 Å². The molecule has 1 aliphatic heterocycles. The van der Waals surface area contributed by atoms with Crippen molar-refractivity contribution in [1.82, 2.24) is 0 Å². The molecule has 0 amide bonds. The topological polar surface area (TPSA) is 92.6 Å². The van der Waals surface area contributed by atoms with Crippen LogP contribution in [0.5, 0.6) is 0 Å². The first kappa shape index (κ1) is 19.2. The molecule has 27 heavy (non-hydrogen) atoms. The van der Waals surface area contributed by atoms with Gasteiger partial charge in [0.05, 0.1) is 9.82 Å². The minimum Gasteiger partial charge on any atom is -0.382 e. The fourth-order valence-corrected chi connectivity index (χ4v) is 4.02. The van der Waals surface area contributed by atoms with E-state index in [1.165, 1.54) is 11.6 Å². The molecule has 144 valence electrons. The average molecular weight is 389 g/mol. The predicted molar refractivity (Wildman–Crippen MR) is 106 cm³/mol. The molecule has 0 aliphatic carbocycles. The number of anilines is 2. The molecule has 3 rings (SSSR count). The molecule has 8 heteroatoms. The molecule has 1 N–H and O–H groups in total. The minimum atomic E-state index is -3.49. The third kappa shape index (κ3) is 4.57. The molecule has 1 aliphatic rings. The Morgan fingerprint density at radius 1 is 1.15 bits per heavy atom. The molecular formula is C19H23N3O4S. The second kappa shape index (κ2) is 7.56. The van der Waals surface area contributed by atoms with Gasteiger partial charge in [-0.25, -0.2) is 8.42 Å². The monoisotopic (exact) mass is 389 g/mol. The van der Waals surface area contributed by atoms with E-state index in [1.54, 1.807) is 6.07 Å². The number of nitro groups is 1. The number of sulfone groups is 1. The van der Waals surface area contributed by atoms with Gasteiger partial charge in [-0.2, -0.15) is 0 Å². The molecule has 0 aromatic heterocycles. The summed E-state index contributed by atoms with van der Waals surface area (Å²) in [6, 6.07) is 12.6. The number of benzene rings is 2. The molecule has 0 spiro atoms. The lowest BCUT2D eigenvalue weighted by atomic mass is 10.0. The van der Waals surface area contributed by atoms with Crippen molar-refractivity contribution in [3.8, 4) is 0 Å². The van der Waals surface area contributed by atoms with Crippen molar-refractivity contribution in [1.29, 1.82) is 0 Å². The molecule has 0 unspecified atom stereocenters. The zero-order valence-corrected chi connectivity index (χ0v) is 16.2. The third-order valence-corrected chi connectivity index (χ3v) is 5.91. The van der Waals surface area contributed by atoms with E-state index in [1.807, 2.05) is 30.0 Å². The second-order valence-corrected chi connectivity index (χ2v) is 8.97. The molecule has 1 heterocycles. The van der Waals surface area contributed by atoms with Crippen LogP contribution < -0.4 is 10.2 Å². The molecule has 0 saturated carbocycles. The van der Waals surface area contributed by atoms with E-state index in [0.29, 0.717) is 24.8 Å². The van der Waals surface area contributed by atoms with Gasteiger partial charge in [0.25, 0.3) is 5.69 Å². The number of piperidine rings is 1. The lowest BCUT2D eigenvalue weighted by molar-refractivity contribution is -0.384. The Morgan fingerprint density at radius 2 is 1.85 bits per heavy atom. The van der Waals surface area contributed by atoms with Crippen molar-refractivity contribution in [2.75, 3.05) is 29.6 Å². The number of rotatable bonds is 5. The van der Waals surface area contributed by atoms with Crippen molar-refractivity contribution < 1.29 is 13.3 Å². The van der Waals surface area contributed by atoms with Crippen LogP contribution in [0, 0.1) is 17.0 Å². The van der Waals surface area contributed by atoms with E-state index >= 15 is 0 Å². The zero-order valence-electron chi connectivity index (χ0n) is 15.4. The number of aryl methyl sites for hydroxylation is 1. The molecule has 0 bridgehead atoms. The number of hydrogen-bond donors (Lipinski definition) is 1. The number of nitrogens with one attached hydrogen (secondary N) is 1. The summed E-state index contributed by atoms with van der Waals surface area (Å²) in [6.07, 6.45) is 2.74. The molecule has 7 nitrogen and oxygen atoms in total. The molecule has 0 atom stereocenters.